The minimum Gasteiger partial charge on any atom is -0.346 e. The number of hydrogen-bond donors (Lipinski definition) is 2. The smallest absolute Gasteiger partial charge is 0.270 e. The molecule has 0 aliphatic heterocycles. The molecule has 0 spiro atoms. The van der Waals surface area contributed by atoms with Crippen molar-refractivity contribution >= 4 is 16.8 Å². The number of aromatic nitrogens is 5. The summed E-state index contributed by atoms with van der Waals surface area (Å²) in [7, 11) is 0. The largest absolute Gasteiger partial charge is 0.346 e. The fraction of sp³-hybridized carbons (Fsp3) is 0.261. The second kappa shape index (κ2) is 8.14. The SMILES string of the molecule is Cc1cc(C)c(CNC(=O)c2nc(-c3cncnc3)cc3c2ccn3C(C)C)c(=O)[nH]1. The van der Waals surface area contributed by atoms with E-state index in [4.69, 9.17) is 0 Å². The van der Waals surface area contributed by atoms with Crippen LogP contribution in [0.5, 0.6) is 0 Å². The molecule has 2 N–H and O–H groups in total. The number of aryl methyl sites for hydroxylation is 2. The van der Waals surface area contributed by atoms with E-state index in [2.05, 4.69) is 43.7 Å². The number of nitrogens with one attached hydrogen (secondary N) is 2. The number of pyridine rings is 2. The van der Waals surface area contributed by atoms with Crippen LogP contribution in [0.4, 0.5) is 0 Å². The zero-order chi connectivity index (χ0) is 22.1. The topological polar surface area (TPSA) is 106 Å². The molecule has 0 saturated carbocycles. The predicted molar refractivity (Wildman–Crippen MR) is 119 cm³/mol. The van der Waals surface area contributed by atoms with Crippen LogP contribution in [-0.4, -0.2) is 30.4 Å². The summed E-state index contributed by atoms with van der Waals surface area (Å²) in [6, 6.07) is 5.94. The van der Waals surface area contributed by atoms with Crippen molar-refractivity contribution in [3.05, 3.63) is 76.0 Å². The van der Waals surface area contributed by atoms with Crippen molar-refractivity contribution in [1.82, 2.24) is 29.8 Å². The van der Waals surface area contributed by atoms with Gasteiger partial charge in [-0.2, -0.15) is 0 Å². The second-order valence-corrected chi connectivity index (χ2v) is 7.86. The maximum Gasteiger partial charge on any atom is 0.270 e. The van der Waals surface area contributed by atoms with Crippen LogP contribution < -0.4 is 10.9 Å². The van der Waals surface area contributed by atoms with E-state index in [1.54, 1.807) is 12.4 Å². The molecule has 4 rings (SSSR count). The van der Waals surface area contributed by atoms with Gasteiger partial charge in [-0.1, -0.05) is 0 Å². The Labute approximate surface area is 179 Å². The normalized spacial score (nSPS) is 11.3. The molecule has 0 unspecified atom stereocenters. The standard InChI is InChI=1S/C23H24N6O2/c1-13(2)29-6-5-17-20(29)8-19(16-9-24-12-25-10-16)28-21(17)23(31)26-11-18-14(3)7-15(4)27-22(18)30/h5-10,12-13H,11H2,1-4H3,(H,26,31)(H,27,30). The van der Waals surface area contributed by atoms with Crippen LogP contribution >= 0.6 is 0 Å². The van der Waals surface area contributed by atoms with Crippen molar-refractivity contribution in [2.24, 2.45) is 0 Å². The first-order valence-corrected chi connectivity index (χ1v) is 10.1. The van der Waals surface area contributed by atoms with Crippen LogP contribution in [0.1, 0.15) is 47.2 Å². The first-order valence-electron chi connectivity index (χ1n) is 10.1. The van der Waals surface area contributed by atoms with E-state index in [9.17, 15) is 9.59 Å². The Morgan fingerprint density at radius 2 is 1.94 bits per heavy atom. The van der Waals surface area contributed by atoms with Crippen LogP contribution in [0.2, 0.25) is 0 Å². The average Bonchev–Trinajstić information content (AvgIpc) is 3.17. The Bertz CT molecular complexity index is 1320. The highest BCUT2D eigenvalue weighted by molar-refractivity contribution is 6.05. The van der Waals surface area contributed by atoms with Gasteiger partial charge in [0.2, 0.25) is 0 Å². The number of aromatic amines is 1. The fourth-order valence-corrected chi connectivity index (χ4v) is 3.71. The van der Waals surface area contributed by atoms with E-state index in [0.29, 0.717) is 17.0 Å². The second-order valence-electron chi connectivity index (χ2n) is 7.86. The molecule has 1 amide bonds. The van der Waals surface area contributed by atoms with Gasteiger partial charge < -0.3 is 14.9 Å². The highest BCUT2D eigenvalue weighted by atomic mass is 16.2. The first-order chi connectivity index (χ1) is 14.8. The summed E-state index contributed by atoms with van der Waals surface area (Å²) in [5, 5.41) is 3.61. The lowest BCUT2D eigenvalue weighted by atomic mass is 10.1. The number of hydrogen-bond acceptors (Lipinski definition) is 5. The molecule has 158 valence electrons. The van der Waals surface area contributed by atoms with Gasteiger partial charge in [-0.15, -0.1) is 0 Å². The monoisotopic (exact) mass is 416 g/mol. The van der Waals surface area contributed by atoms with Gasteiger partial charge in [0.05, 0.1) is 11.2 Å². The van der Waals surface area contributed by atoms with E-state index >= 15 is 0 Å². The molecule has 0 saturated heterocycles. The summed E-state index contributed by atoms with van der Waals surface area (Å²) in [5.41, 5.74) is 4.49. The lowest BCUT2D eigenvalue weighted by Crippen LogP contribution is -2.28. The van der Waals surface area contributed by atoms with Crippen molar-refractivity contribution in [2.75, 3.05) is 0 Å². The number of carbonyl (C=O) groups excluding carboxylic acids is 1. The predicted octanol–water partition coefficient (Wildman–Crippen LogP) is 3.31. The van der Waals surface area contributed by atoms with E-state index in [0.717, 1.165) is 27.7 Å². The Hall–Kier alpha value is -3.81. The van der Waals surface area contributed by atoms with Crippen molar-refractivity contribution in [3.63, 3.8) is 0 Å². The lowest BCUT2D eigenvalue weighted by molar-refractivity contribution is 0.0947. The van der Waals surface area contributed by atoms with Gasteiger partial charge in [0, 0.05) is 53.4 Å². The summed E-state index contributed by atoms with van der Waals surface area (Å²) in [4.78, 5) is 41.0. The fourth-order valence-electron chi connectivity index (χ4n) is 3.71. The molecule has 0 bridgehead atoms. The number of rotatable bonds is 5. The quantitative estimate of drug-likeness (QED) is 0.519. The van der Waals surface area contributed by atoms with Crippen LogP contribution in [0.25, 0.3) is 22.2 Å². The van der Waals surface area contributed by atoms with Crippen LogP contribution in [0, 0.1) is 13.8 Å². The van der Waals surface area contributed by atoms with Crippen molar-refractivity contribution in [2.45, 2.75) is 40.3 Å². The summed E-state index contributed by atoms with van der Waals surface area (Å²) in [5.74, 6) is -0.343. The number of amides is 1. The van der Waals surface area contributed by atoms with Gasteiger partial charge in [-0.05, 0) is 51.5 Å². The Morgan fingerprint density at radius 1 is 1.19 bits per heavy atom. The molecular formula is C23H24N6O2. The van der Waals surface area contributed by atoms with Crippen LogP contribution in [-0.2, 0) is 6.54 Å². The third-order valence-corrected chi connectivity index (χ3v) is 5.26. The lowest BCUT2D eigenvalue weighted by Gasteiger charge is -2.13. The molecule has 0 atom stereocenters. The van der Waals surface area contributed by atoms with Gasteiger partial charge in [0.15, 0.2) is 0 Å². The van der Waals surface area contributed by atoms with E-state index in [-0.39, 0.29) is 24.1 Å². The summed E-state index contributed by atoms with van der Waals surface area (Å²) >= 11 is 0. The van der Waals surface area contributed by atoms with Gasteiger partial charge in [-0.25, -0.2) is 15.0 Å². The highest BCUT2D eigenvalue weighted by Crippen LogP contribution is 2.27. The average molecular weight is 416 g/mol. The van der Waals surface area contributed by atoms with Crippen molar-refractivity contribution < 1.29 is 4.79 Å². The Kier molecular flexibility index (Phi) is 5.37. The van der Waals surface area contributed by atoms with Crippen LogP contribution in [0.15, 0.2) is 47.9 Å². The number of nitrogens with zero attached hydrogens (tertiary/aromatic N) is 4. The zero-order valence-corrected chi connectivity index (χ0v) is 17.9. The maximum atomic E-state index is 13.2. The minimum absolute atomic E-state index is 0.118. The molecule has 0 aliphatic carbocycles. The molecular weight excluding hydrogens is 392 g/mol. The number of H-pyrrole nitrogens is 1. The summed E-state index contributed by atoms with van der Waals surface area (Å²) in [6.45, 7) is 7.97. The molecule has 0 fully saturated rings. The molecule has 4 aromatic rings. The molecule has 4 heterocycles. The van der Waals surface area contributed by atoms with Gasteiger partial charge in [0.25, 0.3) is 11.5 Å². The van der Waals surface area contributed by atoms with Gasteiger partial charge in [-0.3, -0.25) is 9.59 Å². The third kappa shape index (κ3) is 3.96. The molecule has 0 aromatic carbocycles. The molecule has 8 nitrogen and oxygen atoms in total. The molecule has 31 heavy (non-hydrogen) atoms. The number of fused-ring (bicyclic) bond motifs is 1. The van der Waals surface area contributed by atoms with Gasteiger partial charge >= 0.3 is 0 Å². The molecule has 0 radical (unpaired) electrons. The van der Waals surface area contributed by atoms with Crippen LogP contribution in [0.3, 0.4) is 0 Å². The van der Waals surface area contributed by atoms with Gasteiger partial charge in [0.1, 0.15) is 12.0 Å². The summed E-state index contributed by atoms with van der Waals surface area (Å²) < 4.78 is 2.09. The van der Waals surface area contributed by atoms with Crippen molar-refractivity contribution in [1.29, 1.82) is 0 Å². The highest BCUT2D eigenvalue weighted by Gasteiger charge is 2.19. The number of carbonyl (C=O) groups is 1. The molecule has 4 aromatic heterocycles. The zero-order valence-electron chi connectivity index (χ0n) is 17.9. The van der Waals surface area contributed by atoms with E-state index in [1.807, 2.05) is 38.2 Å². The van der Waals surface area contributed by atoms with Crippen molar-refractivity contribution in [3.8, 4) is 11.3 Å². The molecule has 8 heteroatoms. The van der Waals surface area contributed by atoms with E-state index < -0.39 is 0 Å². The first kappa shape index (κ1) is 20.5. The summed E-state index contributed by atoms with van der Waals surface area (Å²) in [6.07, 6.45) is 6.74. The Morgan fingerprint density at radius 3 is 2.61 bits per heavy atom. The molecule has 0 aliphatic rings. The Balaban J connectivity index is 1.75. The third-order valence-electron chi connectivity index (χ3n) is 5.26. The van der Waals surface area contributed by atoms with E-state index in [1.165, 1.54) is 6.33 Å². The maximum absolute atomic E-state index is 13.2. The minimum atomic E-state index is -0.343.